The summed E-state index contributed by atoms with van der Waals surface area (Å²) in [7, 11) is 0. The zero-order valence-corrected chi connectivity index (χ0v) is 7.90. The van der Waals surface area contributed by atoms with E-state index in [1.54, 1.807) is 0 Å². The third-order valence-electron chi connectivity index (χ3n) is 1.91. The number of aromatic nitrogens is 1. The van der Waals surface area contributed by atoms with E-state index in [2.05, 4.69) is 39.2 Å². The number of hydrogen-bond acceptors (Lipinski definition) is 2. The van der Waals surface area contributed by atoms with Crippen molar-refractivity contribution >= 4 is 21.6 Å². The van der Waals surface area contributed by atoms with Gasteiger partial charge < -0.3 is 5.32 Å². The Morgan fingerprint density at radius 3 is 3.27 bits per heavy atom. The van der Waals surface area contributed by atoms with Crippen molar-refractivity contribution in [2.75, 3.05) is 11.9 Å². The monoisotopic (exact) mass is 212 g/mol. The van der Waals surface area contributed by atoms with Crippen molar-refractivity contribution in [3.63, 3.8) is 0 Å². The molecular weight excluding hydrogens is 204 g/mol. The molecule has 11 heavy (non-hydrogen) atoms. The van der Waals surface area contributed by atoms with Gasteiger partial charge in [-0.25, -0.2) is 4.98 Å². The summed E-state index contributed by atoms with van der Waals surface area (Å²) < 4.78 is 0.972. The van der Waals surface area contributed by atoms with Gasteiger partial charge in [-0.05, 0) is 34.5 Å². The van der Waals surface area contributed by atoms with E-state index in [4.69, 9.17) is 0 Å². The van der Waals surface area contributed by atoms with Gasteiger partial charge in [0.15, 0.2) is 0 Å². The number of rotatable bonds is 0. The minimum absolute atomic E-state index is 0.972. The van der Waals surface area contributed by atoms with E-state index in [0.29, 0.717) is 0 Å². The molecule has 0 bridgehead atoms. The molecule has 0 unspecified atom stereocenters. The molecule has 1 aliphatic rings. The van der Waals surface area contributed by atoms with Crippen LogP contribution in [0.5, 0.6) is 0 Å². The molecule has 0 fully saturated rings. The van der Waals surface area contributed by atoms with E-state index in [-0.39, 0.29) is 0 Å². The minimum atomic E-state index is 0.972. The molecule has 2 nitrogen and oxygen atoms in total. The third-order valence-corrected chi connectivity index (χ3v) is 2.71. The SMILES string of the molecule is Cc1cc2c(nc1Br)CCN2. The van der Waals surface area contributed by atoms with E-state index < -0.39 is 0 Å². The fourth-order valence-electron chi connectivity index (χ4n) is 1.29. The Labute approximate surface area is 74.2 Å². The summed E-state index contributed by atoms with van der Waals surface area (Å²) in [6.07, 6.45) is 1.05. The molecule has 1 aromatic heterocycles. The number of aryl methyl sites for hydroxylation is 1. The number of halogens is 1. The predicted molar refractivity (Wildman–Crippen MR) is 48.9 cm³/mol. The second-order valence-electron chi connectivity index (χ2n) is 2.77. The van der Waals surface area contributed by atoms with Crippen molar-refractivity contribution in [1.29, 1.82) is 0 Å². The van der Waals surface area contributed by atoms with E-state index in [9.17, 15) is 0 Å². The second kappa shape index (κ2) is 2.48. The summed E-state index contributed by atoms with van der Waals surface area (Å²) in [5, 5.41) is 3.28. The molecule has 0 aliphatic carbocycles. The van der Waals surface area contributed by atoms with Gasteiger partial charge in [-0.1, -0.05) is 0 Å². The molecule has 3 heteroatoms. The maximum atomic E-state index is 4.41. The van der Waals surface area contributed by atoms with E-state index in [0.717, 1.165) is 17.6 Å². The zero-order chi connectivity index (χ0) is 7.84. The Hall–Kier alpha value is -0.570. The first-order valence-electron chi connectivity index (χ1n) is 3.67. The Bertz CT molecular complexity index is 267. The first-order chi connectivity index (χ1) is 5.27. The molecule has 0 amide bonds. The lowest BCUT2D eigenvalue weighted by atomic mass is 10.2. The highest BCUT2D eigenvalue weighted by atomic mass is 79.9. The molecule has 58 valence electrons. The highest BCUT2D eigenvalue weighted by molar-refractivity contribution is 9.10. The number of nitrogens with zero attached hydrogens (tertiary/aromatic N) is 1. The molecule has 0 atom stereocenters. The number of pyridine rings is 1. The van der Waals surface area contributed by atoms with Crippen LogP contribution >= 0.6 is 15.9 Å². The molecule has 0 spiro atoms. The van der Waals surface area contributed by atoms with Crippen LogP contribution in [0.3, 0.4) is 0 Å². The smallest absolute Gasteiger partial charge is 0.109 e. The highest BCUT2D eigenvalue weighted by Crippen LogP contribution is 2.25. The predicted octanol–water partition coefficient (Wildman–Crippen LogP) is 2.12. The summed E-state index contributed by atoms with van der Waals surface area (Å²) in [6.45, 7) is 3.08. The maximum absolute atomic E-state index is 4.41. The molecular formula is C8H9BrN2. The van der Waals surface area contributed by atoms with Gasteiger partial charge in [-0.3, -0.25) is 0 Å². The van der Waals surface area contributed by atoms with Crippen molar-refractivity contribution in [1.82, 2.24) is 4.98 Å². The van der Waals surface area contributed by atoms with Crippen LogP contribution in [0.4, 0.5) is 5.69 Å². The third kappa shape index (κ3) is 1.13. The first kappa shape index (κ1) is 7.10. The fourth-order valence-corrected chi connectivity index (χ4v) is 1.61. The maximum Gasteiger partial charge on any atom is 0.109 e. The van der Waals surface area contributed by atoms with Crippen LogP contribution in [0.1, 0.15) is 11.3 Å². The van der Waals surface area contributed by atoms with Crippen molar-refractivity contribution in [2.45, 2.75) is 13.3 Å². The minimum Gasteiger partial charge on any atom is -0.383 e. The number of hydrogen-bond donors (Lipinski definition) is 1. The molecule has 0 saturated carbocycles. The van der Waals surface area contributed by atoms with Crippen molar-refractivity contribution in [3.8, 4) is 0 Å². The molecule has 1 N–H and O–H groups in total. The van der Waals surface area contributed by atoms with Gasteiger partial charge in [0, 0.05) is 13.0 Å². The van der Waals surface area contributed by atoms with Crippen LogP contribution < -0.4 is 5.32 Å². The summed E-state index contributed by atoms with van der Waals surface area (Å²) in [4.78, 5) is 4.41. The van der Waals surface area contributed by atoms with Crippen molar-refractivity contribution in [3.05, 3.63) is 21.9 Å². The van der Waals surface area contributed by atoms with Gasteiger partial charge in [-0.2, -0.15) is 0 Å². The zero-order valence-electron chi connectivity index (χ0n) is 6.32. The average Bonchev–Trinajstić information content (AvgIpc) is 2.36. The van der Waals surface area contributed by atoms with Crippen molar-refractivity contribution in [2.24, 2.45) is 0 Å². The van der Waals surface area contributed by atoms with E-state index >= 15 is 0 Å². The fraction of sp³-hybridized carbons (Fsp3) is 0.375. The average molecular weight is 213 g/mol. The number of fused-ring (bicyclic) bond motifs is 1. The Kier molecular flexibility index (Phi) is 1.60. The van der Waals surface area contributed by atoms with Gasteiger partial charge >= 0.3 is 0 Å². The molecule has 0 saturated heterocycles. The normalized spacial score (nSPS) is 14.4. The molecule has 0 radical (unpaired) electrons. The van der Waals surface area contributed by atoms with Crippen molar-refractivity contribution < 1.29 is 0 Å². The molecule has 1 aliphatic heterocycles. The van der Waals surface area contributed by atoms with Gasteiger partial charge in [0.2, 0.25) is 0 Å². The molecule has 0 aromatic carbocycles. The largest absolute Gasteiger partial charge is 0.383 e. The van der Waals surface area contributed by atoms with Crippen LogP contribution in [0, 0.1) is 6.92 Å². The van der Waals surface area contributed by atoms with E-state index in [1.165, 1.54) is 16.9 Å². The van der Waals surface area contributed by atoms with Gasteiger partial charge in [-0.15, -0.1) is 0 Å². The Morgan fingerprint density at radius 1 is 1.64 bits per heavy atom. The van der Waals surface area contributed by atoms with Crippen LogP contribution in [0.25, 0.3) is 0 Å². The van der Waals surface area contributed by atoms with Gasteiger partial charge in [0.25, 0.3) is 0 Å². The van der Waals surface area contributed by atoms with Crippen LogP contribution in [0.2, 0.25) is 0 Å². The molecule has 2 heterocycles. The van der Waals surface area contributed by atoms with E-state index in [1.807, 2.05) is 0 Å². The van der Waals surface area contributed by atoms with Crippen LogP contribution in [-0.4, -0.2) is 11.5 Å². The molecule has 2 rings (SSSR count). The summed E-state index contributed by atoms with van der Waals surface area (Å²) >= 11 is 3.41. The number of nitrogens with one attached hydrogen (secondary N) is 1. The lowest BCUT2D eigenvalue weighted by molar-refractivity contribution is 1.03. The van der Waals surface area contributed by atoms with Gasteiger partial charge in [0.1, 0.15) is 4.60 Å². The summed E-state index contributed by atoms with van der Waals surface area (Å²) in [6, 6.07) is 2.14. The van der Waals surface area contributed by atoms with Crippen LogP contribution in [-0.2, 0) is 6.42 Å². The topological polar surface area (TPSA) is 24.9 Å². The quantitative estimate of drug-likeness (QED) is 0.667. The van der Waals surface area contributed by atoms with Gasteiger partial charge in [0.05, 0.1) is 11.4 Å². The lowest BCUT2D eigenvalue weighted by Gasteiger charge is -2.01. The first-order valence-corrected chi connectivity index (χ1v) is 4.46. The second-order valence-corrected chi connectivity index (χ2v) is 3.52. The highest BCUT2D eigenvalue weighted by Gasteiger charge is 2.12. The standard InChI is InChI=1S/C8H9BrN2/c1-5-4-7-6(2-3-10-7)11-8(5)9/h4,10H,2-3H2,1H3. The lowest BCUT2D eigenvalue weighted by Crippen LogP contribution is -1.91. The Morgan fingerprint density at radius 2 is 2.45 bits per heavy atom. The summed E-state index contributed by atoms with van der Waals surface area (Å²) in [5.74, 6) is 0. The number of anilines is 1. The summed E-state index contributed by atoms with van der Waals surface area (Å²) in [5.41, 5.74) is 3.58. The molecule has 1 aromatic rings. The Balaban J connectivity index is 2.57. The van der Waals surface area contributed by atoms with Crippen LogP contribution in [0.15, 0.2) is 10.7 Å².